The van der Waals surface area contributed by atoms with Crippen molar-refractivity contribution >= 4 is 5.82 Å². The second-order valence-corrected chi connectivity index (χ2v) is 4.54. The third-order valence-corrected chi connectivity index (χ3v) is 3.05. The Morgan fingerprint density at radius 3 is 2.68 bits per heavy atom. The molecule has 0 saturated carbocycles. The fourth-order valence-electron chi connectivity index (χ4n) is 1.99. The molecular weight excluding hydrogens is 282 g/mol. The van der Waals surface area contributed by atoms with Gasteiger partial charge in [-0.05, 0) is 36.4 Å². The summed E-state index contributed by atoms with van der Waals surface area (Å²) in [4.78, 5) is 8.72. The van der Waals surface area contributed by atoms with Crippen molar-refractivity contribution in [3.8, 4) is 28.5 Å². The van der Waals surface area contributed by atoms with Gasteiger partial charge in [0.15, 0.2) is 12.6 Å². The molecule has 0 radical (unpaired) electrons. The molecule has 0 saturated heterocycles. The number of furan rings is 1. The average Bonchev–Trinajstić information content (AvgIpc) is 3.08. The molecule has 2 aromatic heterocycles. The van der Waals surface area contributed by atoms with E-state index in [-0.39, 0.29) is 6.79 Å². The van der Waals surface area contributed by atoms with Gasteiger partial charge in [-0.2, -0.15) is 0 Å². The van der Waals surface area contributed by atoms with Crippen molar-refractivity contribution in [3.05, 3.63) is 48.9 Å². The molecule has 3 aromatic rings. The molecule has 0 amide bonds. The zero-order chi connectivity index (χ0) is 15.4. The van der Waals surface area contributed by atoms with Gasteiger partial charge in [-0.1, -0.05) is 0 Å². The molecular formula is C16H15N3O3. The molecule has 0 unspecified atom stereocenters. The SMILES string of the molecule is COCOc1ccc(-c2nc(-c3ccco3)cnc2N)cc1. The van der Waals surface area contributed by atoms with Gasteiger partial charge < -0.3 is 19.6 Å². The van der Waals surface area contributed by atoms with Crippen molar-refractivity contribution in [2.45, 2.75) is 0 Å². The first-order chi connectivity index (χ1) is 10.8. The van der Waals surface area contributed by atoms with Crippen LogP contribution in [-0.2, 0) is 4.74 Å². The lowest BCUT2D eigenvalue weighted by Crippen LogP contribution is -2.00. The molecule has 22 heavy (non-hydrogen) atoms. The van der Waals surface area contributed by atoms with Gasteiger partial charge in [-0.15, -0.1) is 0 Å². The normalized spacial score (nSPS) is 10.6. The van der Waals surface area contributed by atoms with E-state index in [0.29, 0.717) is 28.7 Å². The number of nitrogen functional groups attached to an aromatic ring is 1. The van der Waals surface area contributed by atoms with Crippen LogP contribution >= 0.6 is 0 Å². The first-order valence-electron chi connectivity index (χ1n) is 6.66. The summed E-state index contributed by atoms with van der Waals surface area (Å²) in [6.45, 7) is 0.204. The third kappa shape index (κ3) is 2.91. The molecule has 6 heteroatoms. The van der Waals surface area contributed by atoms with Gasteiger partial charge in [0.25, 0.3) is 0 Å². The van der Waals surface area contributed by atoms with Crippen LogP contribution < -0.4 is 10.5 Å². The summed E-state index contributed by atoms with van der Waals surface area (Å²) in [5.41, 5.74) is 8.02. The second-order valence-electron chi connectivity index (χ2n) is 4.54. The van der Waals surface area contributed by atoms with Crippen molar-refractivity contribution in [2.24, 2.45) is 0 Å². The smallest absolute Gasteiger partial charge is 0.188 e. The van der Waals surface area contributed by atoms with E-state index < -0.39 is 0 Å². The predicted molar refractivity (Wildman–Crippen MR) is 82.1 cm³/mol. The van der Waals surface area contributed by atoms with E-state index in [1.165, 1.54) is 0 Å². The van der Waals surface area contributed by atoms with E-state index in [4.69, 9.17) is 19.6 Å². The number of nitrogens with zero attached hydrogens (tertiary/aromatic N) is 2. The van der Waals surface area contributed by atoms with Gasteiger partial charge in [-0.3, -0.25) is 0 Å². The Labute approximate surface area is 127 Å². The molecule has 0 aliphatic carbocycles. The lowest BCUT2D eigenvalue weighted by Gasteiger charge is -2.08. The highest BCUT2D eigenvalue weighted by molar-refractivity contribution is 5.72. The number of hydrogen-bond acceptors (Lipinski definition) is 6. The summed E-state index contributed by atoms with van der Waals surface area (Å²) in [5, 5.41) is 0. The number of ether oxygens (including phenoxy) is 2. The van der Waals surface area contributed by atoms with E-state index >= 15 is 0 Å². The van der Waals surface area contributed by atoms with Crippen molar-refractivity contribution in [2.75, 3.05) is 19.6 Å². The van der Waals surface area contributed by atoms with Gasteiger partial charge in [0, 0.05) is 12.7 Å². The highest BCUT2D eigenvalue weighted by atomic mass is 16.7. The Balaban J connectivity index is 1.92. The fourth-order valence-corrected chi connectivity index (χ4v) is 1.99. The maximum atomic E-state index is 5.94. The Hall–Kier alpha value is -2.86. The van der Waals surface area contributed by atoms with E-state index in [2.05, 4.69) is 9.97 Å². The van der Waals surface area contributed by atoms with Crippen molar-refractivity contribution in [1.82, 2.24) is 9.97 Å². The van der Waals surface area contributed by atoms with Crippen molar-refractivity contribution in [1.29, 1.82) is 0 Å². The zero-order valence-electron chi connectivity index (χ0n) is 12.0. The van der Waals surface area contributed by atoms with Crippen LogP contribution in [0.4, 0.5) is 5.82 Å². The molecule has 3 rings (SSSR count). The summed E-state index contributed by atoms with van der Waals surface area (Å²) in [6.07, 6.45) is 3.18. The van der Waals surface area contributed by atoms with Crippen LogP contribution in [-0.4, -0.2) is 23.9 Å². The van der Waals surface area contributed by atoms with Gasteiger partial charge in [-0.25, -0.2) is 9.97 Å². The molecule has 0 atom stereocenters. The minimum Gasteiger partial charge on any atom is -0.468 e. The van der Waals surface area contributed by atoms with Gasteiger partial charge in [0.1, 0.15) is 23.0 Å². The van der Waals surface area contributed by atoms with Crippen LogP contribution in [0.5, 0.6) is 5.75 Å². The first kappa shape index (κ1) is 14.1. The molecule has 2 N–H and O–H groups in total. The standard InChI is InChI=1S/C16H15N3O3/c1-20-10-22-12-6-4-11(5-7-12)15-16(17)18-9-13(19-15)14-3-2-8-21-14/h2-9H,10H2,1H3,(H2,17,18). The molecule has 112 valence electrons. The van der Waals surface area contributed by atoms with Crippen molar-refractivity contribution in [3.63, 3.8) is 0 Å². The minimum atomic E-state index is 0.204. The molecule has 6 nitrogen and oxygen atoms in total. The molecule has 0 spiro atoms. The van der Waals surface area contributed by atoms with Crippen molar-refractivity contribution < 1.29 is 13.9 Å². The number of rotatable bonds is 5. The van der Waals surface area contributed by atoms with E-state index in [0.717, 1.165) is 5.56 Å². The Morgan fingerprint density at radius 2 is 2.00 bits per heavy atom. The molecule has 1 aromatic carbocycles. The predicted octanol–water partition coefficient (Wildman–Crippen LogP) is 2.97. The van der Waals surface area contributed by atoms with Crippen LogP contribution in [0.1, 0.15) is 0 Å². The third-order valence-electron chi connectivity index (χ3n) is 3.05. The van der Waals surface area contributed by atoms with E-state index in [1.807, 2.05) is 30.3 Å². The summed E-state index contributed by atoms with van der Waals surface area (Å²) in [5.74, 6) is 1.72. The first-order valence-corrected chi connectivity index (χ1v) is 6.66. The van der Waals surface area contributed by atoms with Gasteiger partial charge in [0.2, 0.25) is 0 Å². The summed E-state index contributed by atoms with van der Waals surface area (Å²) >= 11 is 0. The van der Waals surface area contributed by atoms with Gasteiger partial charge >= 0.3 is 0 Å². The number of aromatic nitrogens is 2. The van der Waals surface area contributed by atoms with Crippen LogP contribution in [0.3, 0.4) is 0 Å². The number of hydrogen-bond donors (Lipinski definition) is 1. The minimum absolute atomic E-state index is 0.204. The maximum absolute atomic E-state index is 5.94. The highest BCUT2D eigenvalue weighted by Gasteiger charge is 2.10. The number of anilines is 1. The van der Waals surface area contributed by atoms with Crippen LogP contribution in [0.15, 0.2) is 53.3 Å². The topological polar surface area (TPSA) is 83.4 Å². The summed E-state index contributed by atoms with van der Waals surface area (Å²) in [6, 6.07) is 11.0. The lowest BCUT2D eigenvalue weighted by atomic mass is 10.1. The van der Waals surface area contributed by atoms with E-state index in [9.17, 15) is 0 Å². The second kappa shape index (κ2) is 6.28. The lowest BCUT2D eigenvalue weighted by molar-refractivity contribution is 0.0511. The maximum Gasteiger partial charge on any atom is 0.188 e. The zero-order valence-corrected chi connectivity index (χ0v) is 12.0. The molecule has 0 fully saturated rings. The number of methoxy groups -OCH3 is 1. The van der Waals surface area contributed by atoms with Crippen LogP contribution in [0.2, 0.25) is 0 Å². The van der Waals surface area contributed by atoms with E-state index in [1.54, 1.807) is 25.6 Å². The molecule has 0 aliphatic heterocycles. The van der Waals surface area contributed by atoms with Crippen LogP contribution in [0, 0.1) is 0 Å². The summed E-state index contributed by atoms with van der Waals surface area (Å²) in [7, 11) is 1.57. The largest absolute Gasteiger partial charge is 0.468 e. The monoisotopic (exact) mass is 297 g/mol. The Bertz CT molecular complexity index is 740. The molecule has 0 aliphatic rings. The Morgan fingerprint density at radius 1 is 1.18 bits per heavy atom. The van der Waals surface area contributed by atoms with Gasteiger partial charge in [0.05, 0.1) is 12.5 Å². The highest BCUT2D eigenvalue weighted by Crippen LogP contribution is 2.27. The molecule has 0 bridgehead atoms. The quantitative estimate of drug-likeness (QED) is 0.729. The van der Waals surface area contributed by atoms with Crippen LogP contribution in [0.25, 0.3) is 22.7 Å². The summed E-state index contributed by atoms with van der Waals surface area (Å²) < 4.78 is 15.6. The Kier molecular flexibility index (Phi) is 4.02. The number of benzene rings is 1. The molecule has 2 heterocycles. The fraction of sp³-hybridized carbons (Fsp3) is 0.125. The number of nitrogens with two attached hydrogens (primary N) is 1. The average molecular weight is 297 g/mol.